The maximum Gasteiger partial charge on any atom is 0.131 e. The van der Waals surface area contributed by atoms with Crippen molar-refractivity contribution in [1.29, 1.82) is 0 Å². The molecule has 1 aromatic carbocycles. The molecule has 0 spiro atoms. The minimum absolute atomic E-state index is 0.318. The number of benzene rings is 1. The zero-order valence-electron chi connectivity index (χ0n) is 8.55. The molecule has 0 aliphatic carbocycles. The third kappa shape index (κ3) is 2.45. The van der Waals surface area contributed by atoms with E-state index in [4.69, 9.17) is 0 Å². The fourth-order valence-corrected chi connectivity index (χ4v) is 1.75. The van der Waals surface area contributed by atoms with Crippen molar-refractivity contribution in [2.24, 2.45) is 0 Å². The molecular formula is C13H13NO. The van der Waals surface area contributed by atoms with E-state index < -0.39 is 0 Å². The third-order valence-electron chi connectivity index (χ3n) is 2.51. The predicted octanol–water partition coefficient (Wildman–Crippen LogP) is 1.27. The zero-order chi connectivity index (χ0) is 10.5. The lowest BCUT2D eigenvalue weighted by Gasteiger charge is -2.16. The van der Waals surface area contributed by atoms with Crippen molar-refractivity contribution in [3.63, 3.8) is 0 Å². The largest absolute Gasteiger partial charge is 0.312 e. The first kappa shape index (κ1) is 9.95. The topological polar surface area (TPSA) is 29.1 Å². The van der Waals surface area contributed by atoms with Crippen LogP contribution in [0.5, 0.6) is 0 Å². The summed E-state index contributed by atoms with van der Waals surface area (Å²) in [5.41, 5.74) is 3.76. The molecule has 15 heavy (non-hydrogen) atoms. The summed E-state index contributed by atoms with van der Waals surface area (Å²) in [6.45, 7) is 2.00. The van der Waals surface area contributed by atoms with Gasteiger partial charge >= 0.3 is 0 Å². The predicted molar refractivity (Wildman–Crippen MR) is 59.4 cm³/mol. The molecule has 0 saturated heterocycles. The van der Waals surface area contributed by atoms with E-state index in [0.717, 1.165) is 31.4 Å². The van der Waals surface area contributed by atoms with E-state index in [1.807, 2.05) is 6.07 Å². The first-order valence-corrected chi connectivity index (χ1v) is 5.15. The van der Waals surface area contributed by atoms with Gasteiger partial charge in [0, 0.05) is 12.1 Å². The van der Waals surface area contributed by atoms with Crippen molar-refractivity contribution >= 4 is 6.29 Å². The van der Waals surface area contributed by atoms with E-state index in [1.165, 1.54) is 11.1 Å². The number of carbonyl (C=O) groups is 1. The lowest BCUT2D eigenvalue weighted by atomic mass is 9.98. The number of fused-ring (bicyclic) bond motifs is 1. The molecule has 0 bridgehead atoms. The van der Waals surface area contributed by atoms with Gasteiger partial charge in [0.2, 0.25) is 0 Å². The van der Waals surface area contributed by atoms with Gasteiger partial charge in [0.25, 0.3) is 0 Å². The third-order valence-corrected chi connectivity index (χ3v) is 2.51. The summed E-state index contributed by atoms with van der Waals surface area (Å²) in [5, 5.41) is 3.33. The molecule has 2 heteroatoms. The van der Waals surface area contributed by atoms with E-state index in [-0.39, 0.29) is 0 Å². The van der Waals surface area contributed by atoms with Gasteiger partial charge in [-0.3, -0.25) is 0 Å². The molecule has 0 fully saturated rings. The van der Waals surface area contributed by atoms with Crippen LogP contribution in [0.2, 0.25) is 0 Å². The van der Waals surface area contributed by atoms with Crippen LogP contribution >= 0.6 is 0 Å². The van der Waals surface area contributed by atoms with Crippen LogP contribution in [-0.4, -0.2) is 12.8 Å². The SMILES string of the molecule is O=CCC#Cc1ccc2c(c1)CCNC2. The van der Waals surface area contributed by atoms with Crippen LogP contribution in [0.3, 0.4) is 0 Å². The van der Waals surface area contributed by atoms with Crippen LogP contribution in [0.4, 0.5) is 0 Å². The Morgan fingerprint density at radius 1 is 1.40 bits per heavy atom. The first-order chi connectivity index (χ1) is 7.40. The van der Waals surface area contributed by atoms with Crippen molar-refractivity contribution in [2.75, 3.05) is 6.54 Å². The summed E-state index contributed by atoms with van der Waals surface area (Å²) in [6, 6.07) is 6.27. The van der Waals surface area contributed by atoms with Crippen molar-refractivity contribution in [3.05, 3.63) is 34.9 Å². The molecule has 1 aliphatic rings. The highest BCUT2D eigenvalue weighted by molar-refractivity contribution is 5.55. The normalized spacial score (nSPS) is 13.6. The quantitative estimate of drug-likeness (QED) is 0.545. The van der Waals surface area contributed by atoms with Crippen LogP contribution in [0.15, 0.2) is 18.2 Å². The number of nitrogens with one attached hydrogen (secondary N) is 1. The van der Waals surface area contributed by atoms with Crippen molar-refractivity contribution < 1.29 is 4.79 Å². The average molecular weight is 199 g/mol. The molecule has 2 nitrogen and oxygen atoms in total. The number of carbonyl (C=O) groups excluding carboxylic acids is 1. The van der Waals surface area contributed by atoms with Gasteiger partial charge in [-0.1, -0.05) is 17.9 Å². The maximum absolute atomic E-state index is 10.1. The Hall–Kier alpha value is -1.59. The Balaban J connectivity index is 2.21. The molecule has 0 unspecified atom stereocenters. The maximum atomic E-state index is 10.1. The Kier molecular flexibility index (Phi) is 3.16. The van der Waals surface area contributed by atoms with E-state index in [1.54, 1.807) is 0 Å². The van der Waals surface area contributed by atoms with Crippen LogP contribution in [0.25, 0.3) is 0 Å². The lowest BCUT2D eigenvalue weighted by molar-refractivity contribution is -0.107. The smallest absolute Gasteiger partial charge is 0.131 e. The summed E-state index contributed by atoms with van der Waals surface area (Å²) >= 11 is 0. The summed E-state index contributed by atoms with van der Waals surface area (Å²) < 4.78 is 0. The fourth-order valence-electron chi connectivity index (χ4n) is 1.75. The van der Waals surface area contributed by atoms with Gasteiger partial charge in [-0.25, -0.2) is 0 Å². The van der Waals surface area contributed by atoms with Gasteiger partial charge in [0.05, 0.1) is 6.42 Å². The Labute approximate surface area is 89.7 Å². The zero-order valence-corrected chi connectivity index (χ0v) is 8.55. The van der Waals surface area contributed by atoms with Crippen LogP contribution in [0, 0.1) is 11.8 Å². The summed E-state index contributed by atoms with van der Waals surface area (Å²) in [5.74, 6) is 5.82. The summed E-state index contributed by atoms with van der Waals surface area (Å²) in [7, 11) is 0. The van der Waals surface area contributed by atoms with Crippen LogP contribution in [-0.2, 0) is 17.8 Å². The molecule has 0 saturated carbocycles. The Morgan fingerprint density at radius 3 is 3.20 bits per heavy atom. The molecule has 2 rings (SSSR count). The first-order valence-electron chi connectivity index (χ1n) is 5.15. The Bertz CT molecular complexity index is 426. The monoisotopic (exact) mass is 199 g/mol. The fraction of sp³-hybridized carbons (Fsp3) is 0.308. The average Bonchev–Trinajstić information content (AvgIpc) is 2.29. The highest BCUT2D eigenvalue weighted by Gasteiger charge is 2.07. The number of hydrogen-bond donors (Lipinski definition) is 1. The van der Waals surface area contributed by atoms with E-state index in [9.17, 15) is 4.79 Å². The standard InChI is InChI=1S/C13H13NO/c15-8-2-1-3-11-4-5-13-10-14-7-6-12(13)9-11/h4-5,8-9,14H,2,6-7,10H2. The van der Waals surface area contributed by atoms with Gasteiger partial charge < -0.3 is 10.1 Å². The number of hydrogen-bond acceptors (Lipinski definition) is 2. The molecule has 0 atom stereocenters. The highest BCUT2D eigenvalue weighted by atomic mass is 16.1. The van der Waals surface area contributed by atoms with Crippen LogP contribution < -0.4 is 5.32 Å². The molecule has 76 valence electrons. The minimum Gasteiger partial charge on any atom is -0.312 e. The second-order valence-corrected chi connectivity index (χ2v) is 3.58. The molecule has 1 heterocycles. The van der Waals surface area contributed by atoms with Crippen LogP contribution in [0.1, 0.15) is 23.1 Å². The minimum atomic E-state index is 0.318. The molecule has 0 aromatic heterocycles. The summed E-state index contributed by atoms with van der Waals surface area (Å²) in [4.78, 5) is 10.1. The second-order valence-electron chi connectivity index (χ2n) is 3.58. The van der Waals surface area contributed by atoms with Crippen molar-refractivity contribution in [2.45, 2.75) is 19.4 Å². The van der Waals surface area contributed by atoms with Crippen molar-refractivity contribution in [1.82, 2.24) is 5.32 Å². The molecule has 1 aromatic rings. The lowest BCUT2D eigenvalue weighted by Crippen LogP contribution is -2.23. The number of aldehydes is 1. The number of rotatable bonds is 1. The summed E-state index contributed by atoms with van der Waals surface area (Å²) in [6.07, 6.45) is 2.21. The highest BCUT2D eigenvalue weighted by Crippen LogP contribution is 2.15. The van der Waals surface area contributed by atoms with E-state index in [0.29, 0.717) is 6.42 Å². The van der Waals surface area contributed by atoms with Gasteiger partial charge in [-0.2, -0.15) is 0 Å². The van der Waals surface area contributed by atoms with E-state index >= 15 is 0 Å². The molecule has 0 amide bonds. The van der Waals surface area contributed by atoms with Gasteiger partial charge in [-0.05, 0) is 36.2 Å². The molecule has 1 aliphatic heterocycles. The molecular weight excluding hydrogens is 186 g/mol. The van der Waals surface area contributed by atoms with Gasteiger partial charge in [-0.15, -0.1) is 0 Å². The van der Waals surface area contributed by atoms with E-state index in [2.05, 4.69) is 29.3 Å². The molecule has 1 N–H and O–H groups in total. The second kappa shape index (κ2) is 4.77. The van der Waals surface area contributed by atoms with Gasteiger partial charge in [0.1, 0.15) is 6.29 Å². The van der Waals surface area contributed by atoms with Crippen molar-refractivity contribution in [3.8, 4) is 11.8 Å². The molecule has 0 radical (unpaired) electrons. The Morgan fingerprint density at radius 2 is 2.33 bits per heavy atom. The van der Waals surface area contributed by atoms with Gasteiger partial charge in [0.15, 0.2) is 0 Å².